The molecule has 0 radical (unpaired) electrons. The summed E-state index contributed by atoms with van der Waals surface area (Å²) in [6.07, 6.45) is 0.253. The Labute approximate surface area is 125 Å². The van der Waals surface area contributed by atoms with E-state index in [1.165, 1.54) is 18.4 Å². The summed E-state index contributed by atoms with van der Waals surface area (Å²) in [6, 6.07) is 10.4. The van der Waals surface area contributed by atoms with Crippen LogP contribution in [-0.2, 0) is 16.0 Å². The van der Waals surface area contributed by atoms with Crippen LogP contribution in [0.4, 0.5) is 5.00 Å². The zero-order valence-electron chi connectivity index (χ0n) is 10.7. The number of carbonyl (C=O) groups excluding carboxylic acids is 2. The van der Waals surface area contributed by atoms with E-state index in [9.17, 15) is 9.59 Å². The minimum atomic E-state index is -0.409. The van der Waals surface area contributed by atoms with E-state index in [1.807, 2.05) is 0 Å². The Kier molecular flexibility index (Phi) is 4.76. The molecule has 0 atom stereocenters. The molecule has 6 heteroatoms. The van der Waals surface area contributed by atoms with Crippen LogP contribution in [-0.4, -0.2) is 19.0 Å². The summed E-state index contributed by atoms with van der Waals surface area (Å²) in [4.78, 5) is 23.6. The maximum atomic E-state index is 11.9. The molecule has 1 amide bonds. The van der Waals surface area contributed by atoms with Crippen LogP contribution in [0.1, 0.15) is 15.2 Å². The van der Waals surface area contributed by atoms with Gasteiger partial charge in [-0.1, -0.05) is 23.7 Å². The molecular formula is C14H12ClNO3S. The van der Waals surface area contributed by atoms with Crippen molar-refractivity contribution in [2.45, 2.75) is 6.42 Å². The molecule has 1 aromatic heterocycles. The molecule has 1 heterocycles. The Bertz CT molecular complexity index is 622. The molecule has 1 aromatic carbocycles. The maximum Gasteiger partial charge on any atom is 0.348 e. The van der Waals surface area contributed by atoms with Crippen molar-refractivity contribution in [1.29, 1.82) is 0 Å². The number of ether oxygens (including phenoxy) is 1. The largest absolute Gasteiger partial charge is 0.465 e. The minimum absolute atomic E-state index is 0.148. The van der Waals surface area contributed by atoms with E-state index in [1.54, 1.807) is 36.4 Å². The quantitative estimate of drug-likeness (QED) is 0.881. The van der Waals surface area contributed by atoms with E-state index in [0.29, 0.717) is 14.9 Å². The second-order valence-corrected chi connectivity index (χ2v) is 5.53. The fourth-order valence-corrected chi connectivity index (χ4v) is 2.55. The molecule has 0 aliphatic rings. The maximum absolute atomic E-state index is 11.9. The van der Waals surface area contributed by atoms with Crippen LogP contribution in [0.25, 0.3) is 0 Å². The lowest BCUT2D eigenvalue weighted by Gasteiger charge is -2.02. The number of carbonyl (C=O) groups is 2. The topological polar surface area (TPSA) is 55.4 Å². The van der Waals surface area contributed by atoms with E-state index in [4.69, 9.17) is 11.6 Å². The number of thiophene rings is 1. The van der Waals surface area contributed by atoms with Gasteiger partial charge in [0.25, 0.3) is 0 Å². The van der Waals surface area contributed by atoms with Crippen molar-refractivity contribution in [1.82, 2.24) is 0 Å². The van der Waals surface area contributed by atoms with E-state index < -0.39 is 5.97 Å². The predicted molar refractivity (Wildman–Crippen MR) is 79.4 cm³/mol. The van der Waals surface area contributed by atoms with E-state index in [2.05, 4.69) is 10.1 Å². The lowest BCUT2D eigenvalue weighted by atomic mass is 10.1. The Balaban J connectivity index is 1.96. The van der Waals surface area contributed by atoms with Crippen LogP contribution >= 0.6 is 22.9 Å². The first-order valence-electron chi connectivity index (χ1n) is 5.81. The Morgan fingerprint density at radius 2 is 1.90 bits per heavy atom. The van der Waals surface area contributed by atoms with Crippen molar-refractivity contribution < 1.29 is 14.3 Å². The average molecular weight is 310 g/mol. The van der Waals surface area contributed by atoms with Gasteiger partial charge in [0.05, 0.1) is 18.5 Å². The second kappa shape index (κ2) is 6.54. The van der Waals surface area contributed by atoms with Crippen molar-refractivity contribution in [3.8, 4) is 0 Å². The number of halogens is 1. The van der Waals surface area contributed by atoms with Gasteiger partial charge in [-0.2, -0.15) is 0 Å². The molecule has 0 saturated carbocycles. The van der Waals surface area contributed by atoms with Gasteiger partial charge in [-0.15, -0.1) is 11.3 Å². The molecule has 0 unspecified atom stereocenters. The number of nitrogens with one attached hydrogen (secondary N) is 1. The first-order chi connectivity index (χ1) is 9.58. The van der Waals surface area contributed by atoms with Gasteiger partial charge in [-0.25, -0.2) is 4.79 Å². The normalized spacial score (nSPS) is 10.1. The number of anilines is 1. The molecule has 0 fully saturated rings. The number of benzene rings is 1. The standard InChI is InChI=1S/C14H12ClNO3S/c1-19-14(18)11-6-7-13(20-11)16-12(17)8-9-2-4-10(15)5-3-9/h2-7H,8H2,1H3,(H,16,17). The van der Waals surface area contributed by atoms with Gasteiger partial charge in [0, 0.05) is 5.02 Å². The second-order valence-electron chi connectivity index (χ2n) is 4.01. The van der Waals surface area contributed by atoms with Gasteiger partial charge >= 0.3 is 5.97 Å². The smallest absolute Gasteiger partial charge is 0.348 e. The number of hydrogen-bond acceptors (Lipinski definition) is 4. The number of esters is 1. The third kappa shape index (κ3) is 3.82. The van der Waals surface area contributed by atoms with E-state index >= 15 is 0 Å². The Hall–Kier alpha value is -1.85. The molecule has 0 saturated heterocycles. The Morgan fingerprint density at radius 1 is 1.20 bits per heavy atom. The molecule has 1 N–H and O–H groups in total. The van der Waals surface area contributed by atoms with Crippen LogP contribution in [0.5, 0.6) is 0 Å². The van der Waals surface area contributed by atoms with Crippen LogP contribution < -0.4 is 5.32 Å². The summed E-state index contributed by atoms with van der Waals surface area (Å²) >= 11 is 6.96. The molecule has 0 aliphatic carbocycles. The van der Waals surface area contributed by atoms with Gasteiger partial charge in [0.2, 0.25) is 5.91 Å². The van der Waals surface area contributed by atoms with Crippen molar-refractivity contribution in [3.05, 3.63) is 51.9 Å². The number of hydrogen-bond donors (Lipinski definition) is 1. The van der Waals surface area contributed by atoms with E-state index in [0.717, 1.165) is 5.56 Å². The molecule has 0 bridgehead atoms. The lowest BCUT2D eigenvalue weighted by Crippen LogP contribution is -2.13. The van der Waals surface area contributed by atoms with Gasteiger partial charge in [-0.3, -0.25) is 4.79 Å². The summed E-state index contributed by atoms with van der Waals surface area (Å²) in [5, 5.41) is 3.99. The van der Waals surface area contributed by atoms with Gasteiger partial charge in [-0.05, 0) is 29.8 Å². The minimum Gasteiger partial charge on any atom is -0.465 e. The van der Waals surface area contributed by atoms with Crippen LogP contribution in [0.15, 0.2) is 36.4 Å². The summed E-state index contributed by atoms with van der Waals surface area (Å²) in [7, 11) is 1.32. The van der Waals surface area contributed by atoms with Crippen LogP contribution in [0.2, 0.25) is 5.02 Å². The van der Waals surface area contributed by atoms with Gasteiger partial charge in [0.15, 0.2) is 0 Å². The zero-order chi connectivity index (χ0) is 14.5. The molecule has 20 heavy (non-hydrogen) atoms. The third-order valence-electron chi connectivity index (χ3n) is 2.53. The molecule has 104 valence electrons. The summed E-state index contributed by atoms with van der Waals surface area (Å²) in [6.45, 7) is 0. The van der Waals surface area contributed by atoms with Crippen molar-refractivity contribution in [3.63, 3.8) is 0 Å². The van der Waals surface area contributed by atoms with Crippen molar-refractivity contribution in [2.24, 2.45) is 0 Å². The fraction of sp³-hybridized carbons (Fsp3) is 0.143. The predicted octanol–water partition coefficient (Wildman–Crippen LogP) is 3.37. The fourth-order valence-electron chi connectivity index (χ4n) is 1.58. The van der Waals surface area contributed by atoms with Crippen molar-refractivity contribution >= 4 is 39.8 Å². The third-order valence-corrected chi connectivity index (χ3v) is 3.77. The SMILES string of the molecule is COC(=O)c1ccc(NC(=O)Cc2ccc(Cl)cc2)s1. The number of methoxy groups -OCH3 is 1. The monoisotopic (exact) mass is 309 g/mol. The first kappa shape index (κ1) is 14.6. The summed E-state index contributed by atoms with van der Waals surface area (Å²) < 4.78 is 4.61. The number of amides is 1. The molecular weight excluding hydrogens is 298 g/mol. The highest BCUT2D eigenvalue weighted by atomic mass is 35.5. The highest BCUT2D eigenvalue weighted by Gasteiger charge is 2.11. The van der Waals surface area contributed by atoms with Gasteiger partial charge < -0.3 is 10.1 Å². The van der Waals surface area contributed by atoms with Crippen LogP contribution in [0, 0.1) is 0 Å². The highest BCUT2D eigenvalue weighted by molar-refractivity contribution is 7.18. The van der Waals surface area contributed by atoms with Crippen molar-refractivity contribution in [2.75, 3.05) is 12.4 Å². The molecule has 0 aliphatic heterocycles. The lowest BCUT2D eigenvalue weighted by molar-refractivity contribution is -0.115. The first-order valence-corrected chi connectivity index (χ1v) is 7.00. The van der Waals surface area contributed by atoms with Gasteiger partial charge in [0.1, 0.15) is 4.88 Å². The van der Waals surface area contributed by atoms with E-state index in [-0.39, 0.29) is 12.3 Å². The highest BCUT2D eigenvalue weighted by Crippen LogP contribution is 2.22. The van der Waals surface area contributed by atoms with Crippen LogP contribution in [0.3, 0.4) is 0 Å². The zero-order valence-corrected chi connectivity index (χ0v) is 12.3. The summed E-state index contributed by atoms with van der Waals surface area (Å²) in [5.41, 5.74) is 0.872. The molecule has 2 rings (SSSR count). The number of rotatable bonds is 4. The average Bonchev–Trinajstić information content (AvgIpc) is 2.89. The Morgan fingerprint density at radius 3 is 2.55 bits per heavy atom. The molecule has 2 aromatic rings. The summed E-state index contributed by atoms with van der Waals surface area (Å²) in [5.74, 6) is -0.557. The molecule has 4 nitrogen and oxygen atoms in total. The molecule has 0 spiro atoms.